The Morgan fingerprint density at radius 3 is 2.87 bits per heavy atom. The van der Waals surface area contributed by atoms with Crippen LogP contribution in [0.2, 0.25) is 0 Å². The van der Waals surface area contributed by atoms with E-state index in [-0.39, 0.29) is 0 Å². The van der Waals surface area contributed by atoms with E-state index in [1.54, 1.807) is 7.11 Å². The molecule has 0 saturated carbocycles. The Morgan fingerprint density at radius 2 is 2.20 bits per heavy atom. The smallest absolute Gasteiger partial charge is 0.135 e. The molecule has 1 aromatic carbocycles. The van der Waals surface area contributed by atoms with Gasteiger partial charge in [0.15, 0.2) is 0 Å². The second kappa shape index (κ2) is 3.77. The lowest BCUT2D eigenvalue weighted by Crippen LogP contribution is -1.97. The van der Waals surface area contributed by atoms with Gasteiger partial charge < -0.3 is 10.5 Å². The van der Waals surface area contributed by atoms with Gasteiger partial charge in [-0.25, -0.2) is 4.98 Å². The molecule has 0 aliphatic heterocycles. The molecule has 0 atom stereocenters. The number of nitrogens with zero attached hydrogens (tertiary/aromatic N) is 1. The Balaban J connectivity index is 2.86. The van der Waals surface area contributed by atoms with Crippen LogP contribution in [0, 0.1) is 0 Å². The van der Waals surface area contributed by atoms with Gasteiger partial charge in [0, 0.05) is 6.20 Å². The van der Waals surface area contributed by atoms with Gasteiger partial charge in [-0.05, 0) is 23.4 Å². The first-order chi connectivity index (χ1) is 7.27. The van der Waals surface area contributed by atoms with Crippen molar-refractivity contribution in [1.29, 1.82) is 0 Å². The Hall–Kier alpha value is -1.77. The minimum Gasteiger partial charge on any atom is -0.496 e. The summed E-state index contributed by atoms with van der Waals surface area (Å²) in [4.78, 5) is 4.18. The third-order valence-electron chi connectivity index (χ3n) is 2.59. The van der Waals surface area contributed by atoms with Crippen molar-refractivity contribution >= 4 is 16.6 Å². The van der Waals surface area contributed by atoms with Crippen molar-refractivity contribution < 1.29 is 4.74 Å². The molecule has 0 amide bonds. The van der Waals surface area contributed by atoms with Crippen LogP contribution in [0.1, 0.15) is 12.5 Å². The maximum atomic E-state index is 5.87. The van der Waals surface area contributed by atoms with Gasteiger partial charge in [0.25, 0.3) is 0 Å². The number of methoxy groups -OCH3 is 1. The van der Waals surface area contributed by atoms with E-state index in [1.165, 1.54) is 5.56 Å². The summed E-state index contributed by atoms with van der Waals surface area (Å²) < 4.78 is 5.29. The topological polar surface area (TPSA) is 48.1 Å². The number of hydrogen-bond acceptors (Lipinski definition) is 3. The molecule has 2 N–H and O–H groups in total. The highest BCUT2D eigenvalue weighted by atomic mass is 16.5. The maximum Gasteiger partial charge on any atom is 0.135 e. The first kappa shape index (κ1) is 9.77. The van der Waals surface area contributed by atoms with E-state index in [0.717, 1.165) is 22.9 Å². The predicted octanol–water partition coefficient (Wildman–Crippen LogP) is 2.39. The lowest BCUT2D eigenvalue weighted by molar-refractivity contribution is 0.420. The molecule has 0 spiro atoms. The van der Waals surface area contributed by atoms with Gasteiger partial charge in [-0.3, -0.25) is 0 Å². The van der Waals surface area contributed by atoms with Crippen LogP contribution in [0.4, 0.5) is 5.82 Å². The number of nitrogens with two attached hydrogens (primary N) is 1. The molecule has 3 heteroatoms. The number of rotatable bonds is 2. The third kappa shape index (κ3) is 1.50. The fourth-order valence-electron chi connectivity index (χ4n) is 1.80. The van der Waals surface area contributed by atoms with Crippen molar-refractivity contribution in [3.8, 4) is 5.75 Å². The van der Waals surface area contributed by atoms with Gasteiger partial charge in [-0.15, -0.1) is 0 Å². The molecular formula is C12H14N2O. The number of nitrogen functional groups attached to an aromatic ring is 1. The van der Waals surface area contributed by atoms with Crippen LogP contribution >= 0.6 is 0 Å². The lowest BCUT2D eigenvalue weighted by atomic mass is 10.0. The average molecular weight is 202 g/mol. The van der Waals surface area contributed by atoms with E-state index in [0.29, 0.717) is 5.82 Å². The molecule has 0 aliphatic carbocycles. The summed E-state index contributed by atoms with van der Waals surface area (Å²) in [5, 5.41) is 2.05. The van der Waals surface area contributed by atoms with Crippen molar-refractivity contribution in [1.82, 2.24) is 4.98 Å². The Bertz CT molecular complexity index is 494. The number of pyridine rings is 1. The molecule has 0 fully saturated rings. The van der Waals surface area contributed by atoms with Crippen molar-refractivity contribution in [2.75, 3.05) is 12.8 Å². The molecule has 0 aliphatic rings. The molecule has 3 nitrogen and oxygen atoms in total. The molecule has 15 heavy (non-hydrogen) atoms. The van der Waals surface area contributed by atoms with E-state index in [9.17, 15) is 0 Å². The SMILES string of the molecule is CCc1cnc(N)c2c(OC)cccc12. The molecule has 2 rings (SSSR count). The van der Waals surface area contributed by atoms with Gasteiger partial charge in [0.05, 0.1) is 12.5 Å². The van der Waals surface area contributed by atoms with Crippen LogP contribution in [0.15, 0.2) is 24.4 Å². The number of ether oxygens (including phenoxy) is 1. The maximum absolute atomic E-state index is 5.87. The van der Waals surface area contributed by atoms with Crippen molar-refractivity contribution in [3.63, 3.8) is 0 Å². The van der Waals surface area contributed by atoms with E-state index in [2.05, 4.69) is 18.0 Å². The first-order valence-corrected chi connectivity index (χ1v) is 4.98. The van der Waals surface area contributed by atoms with E-state index in [4.69, 9.17) is 10.5 Å². The van der Waals surface area contributed by atoms with Crippen LogP contribution in [0.3, 0.4) is 0 Å². The van der Waals surface area contributed by atoms with Gasteiger partial charge in [-0.2, -0.15) is 0 Å². The number of hydrogen-bond donors (Lipinski definition) is 1. The predicted molar refractivity (Wildman–Crippen MR) is 62.1 cm³/mol. The van der Waals surface area contributed by atoms with Crippen LogP contribution < -0.4 is 10.5 Å². The number of benzene rings is 1. The highest BCUT2D eigenvalue weighted by molar-refractivity contribution is 5.98. The summed E-state index contributed by atoms with van der Waals surface area (Å²) in [5.41, 5.74) is 7.06. The molecule has 0 unspecified atom stereocenters. The summed E-state index contributed by atoms with van der Waals surface area (Å²) in [6.07, 6.45) is 2.77. The minimum atomic E-state index is 0.527. The lowest BCUT2D eigenvalue weighted by Gasteiger charge is -2.09. The quantitative estimate of drug-likeness (QED) is 0.813. The van der Waals surface area contributed by atoms with Crippen LogP contribution in [0.5, 0.6) is 5.75 Å². The van der Waals surface area contributed by atoms with Crippen molar-refractivity contribution in [3.05, 3.63) is 30.0 Å². The Labute approximate surface area is 88.9 Å². The summed E-state index contributed by atoms with van der Waals surface area (Å²) in [6.45, 7) is 2.10. The minimum absolute atomic E-state index is 0.527. The highest BCUT2D eigenvalue weighted by Gasteiger charge is 2.08. The number of anilines is 1. The van der Waals surface area contributed by atoms with Gasteiger partial charge in [0.2, 0.25) is 0 Å². The zero-order valence-corrected chi connectivity index (χ0v) is 8.95. The molecular weight excluding hydrogens is 188 g/mol. The molecule has 0 saturated heterocycles. The van der Waals surface area contributed by atoms with Gasteiger partial charge in [-0.1, -0.05) is 19.1 Å². The van der Waals surface area contributed by atoms with Crippen LogP contribution in [0.25, 0.3) is 10.8 Å². The summed E-state index contributed by atoms with van der Waals surface area (Å²) >= 11 is 0. The van der Waals surface area contributed by atoms with E-state index in [1.807, 2.05) is 18.3 Å². The zero-order valence-electron chi connectivity index (χ0n) is 8.95. The molecule has 0 radical (unpaired) electrons. The third-order valence-corrected chi connectivity index (χ3v) is 2.59. The summed E-state index contributed by atoms with van der Waals surface area (Å²) in [6, 6.07) is 5.92. The standard InChI is InChI=1S/C12H14N2O/c1-3-8-7-14-12(13)11-9(8)5-4-6-10(11)15-2/h4-7H,3H2,1-2H3,(H2,13,14). The Kier molecular flexibility index (Phi) is 2.46. The van der Waals surface area contributed by atoms with Gasteiger partial charge >= 0.3 is 0 Å². The second-order valence-electron chi connectivity index (χ2n) is 3.41. The number of fused-ring (bicyclic) bond motifs is 1. The number of aromatic nitrogens is 1. The van der Waals surface area contributed by atoms with Gasteiger partial charge in [0.1, 0.15) is 11.6 Å². The fraction of sp³-hybridized carbons (Fsp3) is 0.250. The number of aryl methyl sites for hydroxylation is 1. The average Bonchev–Trinajstić information content (AvgIpc) is 2.29. The second-order valence-corrected chi connectivity index (χ2v) is 3.41. The fourth-order valence-corrected chi connectivity index (χ4v) is 1.80. The summed E-state index contributed by atoms with van der Waals surface area (Å²) in [5.74, 6) is 1.31. The van der Waals surface area contributed by atoms with E-state index >= 15 is 0 Å². The molecule has 1 heterocycles. The first-order valence-electron chi connectivity index (χ1n) is 4.98. The van der Waals surface area contributed by atoms with Crippen LogP contribution in [-0.4, -0.2) is 12.1 Å². The largest absolute Gasteiger partial charge is 0.496 e. The highest BCUT2D eigenvalue weighted by Crippen LogP contribution is 2.31. The van der Waals surface area contributed by atoms with E-state index < -0.39 is 0 Å². The molecule has 1 aromatic heterocycles. The zero-order chi connectivity index (χ0) is 10.8. The molecule has 78 valence electrons. The normalized spacial score (nSPS) is 10.5. The monoisotopic (exact) mass is 202 g/mol. The van der Waals surface area contributed by atoms with Crippen molar-refractivity contribution in [2.24, 2.45) is 0 Å². The Morgan fingerprint density at radius 1 is 1.40 bits per heavy atom. The molecule has 2 aromatic rings. The molecule has 0 bridgehead atoms. The van der Waals surface area contributed by atoms with Crippen molar-refractivity contribution in [2.45, 2.75) is 13.3 Å². The van der Waals surface area contributed by atoms with Crippen LogP contribution in [-0.2, 0) is 6.42 Å². The summed E-state index contributed by atoms with van der Waals surface area (Å²) in [7, 11) is 1.65.